The van der Waals surface area contributed by atoms with Crippen molar-refractivity contribution in [2.45, 2.75) is 11.3 Å². The summed E-state index contributed by atoms with van der Waals surface area (Å²) < 4.78 is 9.55. The van der Waals surface area contributed by atoms with Crippen LogP contribution < -0.4 is 5.32 Å². The maximum atomic E-state index is 11.8. The molecule has 0 radical (unpaired) electrons. The van der Waals surface area contributed by atoms with Crippen molar-refractivity contribution in [2.75, 3.05) is 24.8 Å². The Morgan fingerprint density at radius 2 is 1.69 bits per heavy atom. The molecule has 0 fully saturated rings. The molecule has 2 aromatic carbocycles. The van der Waals surface area contributed by atoms with E-state index in [4.69, 9.17) is 4.74 Å². The average molecular weight is 373 g/mol. The molecule has 0 aliphatic rings. The van der Waals surface area contributed by atoms with Crippen LogP contribution in [-0.4, -0.2) is 37.3 Å². The lowest BCUT2D eigenvalue weighted by atomic mass is 10.2. The van der Waals surface area contributed by atoms with Gasteiger partial charge in [0.05, 0.1) is 19.1 Å². The lowest BCUT2D eigenvalue weighted by Crippen LogP contribution is -2.21. The molecule has 0 saturated carbocycles. The number of amides is 1. The average Bonchev–Trinajstić information content (AvgIpc) is 2.67. The van der Waals surface area contributed by atoms with Crippen molar-refractivity contribution in [1.82, 2.24) is 0 Å². The number of carbonyl (C=O) groups is 3. The number of ether oxygens (including phenoxy) is 2. The van der Waals surface area contributed by atoms with E-state index in [1.807, 2.05) is 30.3 Å². The minimum Gasteiger partial charge on any atom is -0.465 e. The van der Waals surface area contributed by atoms with Gasteiger partial charge in [-0.05, 0) is 36.4 Å². The standard InChI is InChI=1S/C19H19NO5S/c1-24-19(23)14-7-9-15(10-8-14)20-17(21)13-25-18(22)11-12-26-16-5-3-2-4-6-16/h2-10H,11-13H2,1H3,(H,20,21). The predicted molar refractivity (Wildman–Crippen MR) is 99.2 cm³/mol. The Morgan fingerprint density at radius 1 is 1.00 bits per heavy atom. The molecule has 0 aliphatic heterocycles. The predicted octanol–water partition coefficient (Wildman–Crippen LogP) is 3.14. The van der Waals surface area contributed by atoms with Crippen molar-refractivity contribution < 1.29 is 23.9 Å². The number of nitrogens with one attached hydrogen (secondary N) is 1. The number of esters is 2. The van der Waals surface area contributed by atoms with Crippen LogP contribution in [0, 0.1) is 0 Å². The summed E-state index contributed by atoms with van der Waals surface area (Å²) in [4.78, 5) is 35.9. The molecule has 2 aromatic rings. The molecule has 0 unspecified atom stereocenters. The van der Waals surface area contributed by atoms with Crippen molar-refractivity contribution in [3.63, 3.8) is 0 Å². The molecule has 0 saturated heterocycles. The van der Waals surface area contributed by atoms with Gasteiger partial charge in [0.25, 0.3) is 5.91 Å². The summed E-state index contributed by atoms with van der Waals surface area (Å²) in [5.74, 6) is -0.742. The van der Waals surface area contributed by atoms with E-state index in [2.05, 4.69) is 10.1 Å². The smallest absolute Gasteiger partial charge is 0.337 e. The fourth-order valence-electron chi connectivity index (χ4n) is 1.99. The second-order valence-electron chi connectivity index (χ2n) is 5.19. The van der Waals surface area contributed by atoms with Crippen LogP contribution >= 0.6 is 11.8 Å². The van der Waals surface area contributed by atoms with Crippen LogP contribution in [0.2, 0.25) is 0 Å². The van der Waals surface area contributed by atoms with Crippen LogP contribution in [0.5, 0.6) is 0 Å². The number of thioether (sulfide) groups is 1. The molecule has 2 rings (SSSR count). The van der Waals surface area contributed by atoms with Crippen molar-refractivity contribution in [2.24, 2.45) is 0 Å². The monoisotopic (exact) mass is 373 g/mol. The van der Waals surface area contributed by atoms with Crippen molar-refractivity contribution >= 4 is 35.3 Å². The third-order valence-corrected chi connectivity index (χ3v) is 4.29. The molecular weight excluding hydrogens is 354 g/mol. The number of anilines is 1. The number of rotatable bonds is 8. The molecule has 1 amide bonds. The Balaban J connectivity index is 1.67. The number of hydrogen-bond donors (Lipinski definition) is 1. The zero-order valence-electron chi connectivity index (χ0n) is 14.3. The number of methoxy groups -OCH3 is 1. The molecule has 6 nitrogen and oxygen atoms in total. The Labute approximate surface area is 155 Å². The molecule has 0 bridgehead atoms. The van der Waals surface area contributed by atoms with Gasteiger partial charge in [-0.3, -0.25) is 9.59 Å². The molecule has 0 aromatic heterocycles. The second-order valence-corrected chi connectivity index (χ2v) is 6.36. The van der Waals surface area contributed by atoms with E-state index >= 15 is 0 Å². The highest BCUT2D eigenvalue weighted by atomic mass is 32.2. The maximum Gasteiger partial charge on any atom is 0.337 e. The number of carbonyl (C=O) groups excluding carboxylic acids is 3. The Bertz CT molecular complexity index is 746. The second kappa shape index (κ2) is 10.2. The van der Waals surface area contributed by atoms with E-state index in [1.54, 1.807) is 23.9 Å². The van der Waals surface area contributed by atoms with Crippen LogP contribution in [0.3, 0.4) is 0 Å². The van der Waals surface area contributed by atoms with Crippen molar-refractivity contribution in [3.05, 3.63) is 60.2 Å². The lowest BCUT2D eigenvalue weighted by Gasteiger charge is -2.07. The van der Waals surface area contributed by atoms with Gasteiger partial charge in [-0.1, -0.05) is 18.2 Å². The maximum absolute atomic E-state index is 11.8. The topological polar surface area (TPSA) is 81.7 Å². The van der Waals surface area contributed by atoms with Crippen molar-refractivity contribution in [3.8, 4) is 0 Å². The third kappa shape index (κ3) is 6.60. The minimum atomic E-state index is -0.454. The van der Waals surface area contributed by atoms with Gasteiger partial charge in [-0.25, -0.2) is 4.79 Å². The SMILES string of the molecule is COC(=O)c1ccc(NC(=O)COC(=O)CCSc2ccccc2)cc1. The number of hydrogen-bond acceptors (Lipinski definition) is 6. The molecule has 7 heteroatoms. The largest absolute Gasteiger partial charge is 0.465 e. The van der Waals surface area contributed by atoms with Crippen LogP contribution in [0.25, 0.3) is 0 Å². The quantitative estimate of drug-likeness (QED) is 0.565. The summed E-state index contributed by atoms with van der Waals surface area (Å²) in [6.07, 6.45) is 0.223. The van der Waals surface area contributed by atoms with E-state index in [9.17, 15) is 14.4 Å². The van der Waals surface area contributed by atoms with E-state index in [0.29, 0.717) is 17.0 Å². The lowest BCUT2D eigenvalue weighted by molar-refractivity contribution is -0.146. The summed E-state index contributed by atoms with van der Waals surface area (Å²) in [5, 5.41) is 2.59. The Kier molecular flexibility index (Phi) is 7.70. The molecule has 26 heavy (non-hydrogen) atoms. The van der Waals surface area contributed by atoms with Gasteiger partial charge in [0, 0.05) is 16.3 Å². The highest BCUT2D eigenvalue weighted by molar-refractivity contribution is 7.99. The van der Waals surface area contributed by atoms with E-state index in [0.717, 1.165) is 4.90 Å². The molecule has 0 heterocycles. The Morgan fingerprint density at radius 3 is 2.35 bits per heavy atom. The normalized spacial score (nSPS) is 10.0. The van der Waals surface area contributed by atoms with Gasteiger partial charge >= 0.3 is 11.9 Å². The third-order valence-electron chi connectivity index (χ3n) is 3.27. The first-order valence-electron chi connectivity index (χ1n) is 7.90. The first-order chi connectivity index (χ1) is 12.6. The first-order valence-corrected chi connectivity index (χ1v) is 8.89. The molecule has 0 spiro atoms. The molecular formula is C19H19NO5S. The van der Waals surface area contributed by atoms with Crippen LogP contribution in [-0.2, 0) is 19.1 Å². The van der Waals surface area contributed by atoms with Gasteiger partial charge in [0.15, 0.2) is 6.61 Å². The zero-order chi connectivity index (χ0) is 18.8. The summed E-state index contributed by atoms with van der Waals surface area (Å²) in [6.45, 7) is -0.354. The summed E-state index contributed by atoms with van der Waals surface area (Å²) >= 11 is 1.55. The van der Waals surface area contributed by atoms with E-state index in [1.165, 1.54) is 19.2 Å². The van der Waals surface area contributed by atoms with Gasteiger partial charge in [0.1, 0.15) is 0 Å². The molecule has 0 aliphatic carbocycles. The van der Waals surface area contributed by atoms with Crippen molar-refractivity contribution in [1.29, 1.82) is 0 Å². The van der Waals surface area contributed by atoms with E-state index < -0.39 is 17.8 Å². The summed E-state index contributed by atoms with van der Waals surface area (Å²) in [6, 6.07) is 15.9. The van der Waals surface area contributed by atoms with Gasteiger partial charge in [0.2, 0.25) is 0 Å². The molecule has 136 valence electrons. The Hall–Kier alpha value is -2.80. The van der Waals surface area contributed by atoms with Gasteiger partial charge < -0.3 is 14.8 Å². The first kappa shape index (κ1) is 19.5. The molecule has 0 atom stereocenters. The highest BCUT2D eigenvalue weighted by Gasteiger charge is 2.09. The van der Waals surface area contributed by atoms with Gasteiger partial charge in [-0.2, -0.15) is 0 Å². The fraction of sp³-hybridized carbons (Fsp3) is 0.211. The summed E-state index contributed by atoms with van der Waals surface area (Å²) in [5.41, 5.74) is 0.881. The van der Waals surface area contributed by atoms with Crippen LogP contribution in [0.15, 0.2) is 59.5 Å². The summed E-state index contributed by atoms with van der Waals surface area (Å²) in [7, 11) is 1.30. The molecule has 1 N–H and O–H groups in total. The van der Waals surface area contributed by atoms with Gasteiger partial charge in [-0.15, -0.1) is 11.8 Å². The van der Waals surface area contributed by atoms with Crippen LogP contribution in [0.4, 0.5) is 5.69 Å². The number of benzene rings is 2. The zero-order valence-corrected chi connectivity index (χ0v) is 15.1. The fourth-order valence-corrected chi connectivity index (χ4v) is 2.85. The minimum absolute atomic E-state index is 0.223. The highest BCUT2D eigenvalue weighted by Crippen LogP contribution is 2.17. The van der Waals surface area contributed by atoms with E-state index in [-0.39, 0.29) is 13.0 Å². The van der Waals surface area contributed by atoms with Crippen LogP contribution in [0.1, 0.15) is 16.8 Å².